The second-order valence-corrected chi connectivity index (χ2v) is 10.8. The molecule has 1 aliphatic rings. The van der Waals surface area contributed by atoms with Crippen molar-refractivity contribution >= 4 is 64.2 Å². The van der Waals surface area contributed by atoms with Crippen molar-refractivity contribution in [3.05, 3.63) is 43.9 Å². The monoisotopic (exact) mass is 510 g/mol. The van der Waals surface area contributed by atoms with Crippen molar-refractivity contribution < 1.29 is 19.8 Å². The number of thioether (sulfide) groups is 1. The van der Waals surface area contributed by atoms with Crippen molar-refractivity contribution in [3.63, 3.8) is 0 Å². The Morgan fingerprint density at radius 2 is 2.17 bits per heavy atom. The average Bonchev–Trinajstić information content (AvgIpc) is 3.19. The van der Waals surface area contributed by atoms with E-state index in [-0.39, 0.29) is 29.3 Å². The van der Waals surface area contributed by atoms with Gasteiger partial charge in [0.1, 0.15) is 0 Å². The molecule has 1 fully saturated rings. The standard InChI is InChI=1S/C22H28BBrO4S2/c1-14-19(24)12-17(30-14)8-6-16(25)7-9-18-15(13-23)11-20(26)22(18)29-10-4-2-3-5-21(27)28/h4,7,9-10,12-13,15,18,20,22-23,26H,2-3,5-6,8,11H2,1H3,(H,27,28)/b9-7+,10-4-/t15-,18-,20?,22+/m0/s1. The molecule has 162 valence electrons. The van der Waals surface area contributed by atoms with Crippen LogP contribution in [0.25, 0.3) is 0 Å². The normalized spacial score (nSPS) is 24.1. The Hall–Kier alpha value is -0.955. The van der Waals surface area contributed by atoms with E-state index in [0.29, 0.717) is 25.7 Å². The molecule has 0 spiro atoms. The van der Waals surface area contributed by atoms with Crippen LogP contribution in [0.1, 0.15) is 41.9 Å². The van der Waals surface area contributed by atoms with E-state index in [1.165, 1.54) is 9.75 Å². The van der Waals surface area contributed by atoms with Crippen LogP contribution in [0.5, 0.6) is 0 Å². The summed E-state index contributed by atoms with van der Waals surface area (Å²) >= 11 is 6.77. The van der Waals surface area contributed by atoms with Gasteiger partial charge in [0.2, 0.25) is 0 Å². The number of aliphatic carboxylic acids is 1. The van der Waals surface area contributed by atoms with Crippen LogP contribution in [-0.2, 0) is 16.0 Å². The van der Waals surface area contributed by atoms with Gasteiger partial charge in [0.25, 0.3) is 0 Å². The van der Waals surface area contributed by atoms with Crippen molar-refractivity contribution in [2.75, 3.05) is 0 Å². The van der Waals surface area contributed by atoms with Crippen molar-refractivity contribution in [3.8, 4) is 0 Å². The fourth-order valence-electron chi connectivity index (χ4n) is 3.53. The van der Waals surface area contributed by atoms with E-state index >= 15 is 0 Å². The van der Waals surface area contributed by atoms with Gasteiger partial charge in [0.15, 0.2) is 0 Å². The third-order valence-corrected chi connectivity index (χ3v) is 8.68. The molecule has 1 saturated carbocycles. The number of carbonyl (C=O) groups is 2. The molecule has 0 saturated heterocycles. The second kappa shape index (κ2) is 12.8. The number of carboxylic acid groups (broad SMARTS) is 1. The number of allylic oxidation sites excluding steroid dienone is 3. The fourth-order valence-corrected chi connectivity index (χ4v) is 6.33. The molecule has 1 heterocycles. The quantitative estimate of drug-likeness (QED) is 0.247. The van der Waals surface area contributed by atoms with Gasteiger partial charge in [-0.1, -0.05) is 0 Å². The summed E-state index contributed by atoms with van der Waals surface area (Å²) in [5.74, 6) is 1.36. The minimum atomic E-state index is -0.784. The van der Waals surface area contributed by atoms with Crippen molar-refractivity contribution in [1.29, 1.82) is 0 Å². The minimum absolute atomic E-state index is 0.0383. The summed E-state index contributed by atoms with van der Waals surface area (Å²) in [5.41, 5.74) is 0. The molecular formula is C22H28BBrO4S2. The van der Waals surface area contributed by atoms with Gasteiger partial charge in [0, 0.05) is 0 Å². The van der Waals surface area contributed by atoms with E-state index in [1.54, 1.807) is 29.2 Å². The van der Waals surface area contributed by atoms with Crippen LogP contribution in [-0.4, -0.2) is 46.8 Å². The van der Waals surface area contributed by atoms with Crippen LogP contribution in [0.15, 0.2) is 34.2 Å². The molecular weight excluding hydrogens is 483 g/mol. The van der Waals surface area contributed by atoms with E-state index in [9.17, 15) is 14.7 Å². The number of aliphatic hydroxyl groups excluding tert-OH is 1. The molecule has 1 aliphatic carbocycles. The first-order valence-corrected chi connectivity index (χ1v) is 12.7. The van der Waals surface area contributed by atoms with Crippen LogP contribution in [0.2, 0.25) is 0 Å². The Kier molecular flexibility index (Phi) is 10.8. The molecule has 0 aliphatic heterocycles. The van der Waals surface area contributed by atoms with Gasteiger partial charge in [0.05, 0.1) is 0 Å². The predicted molar refractivity (Wildman–Crippen MR) is 132 cm³/mol. The molecule has 0 radical (unpaired) electrons. The molecule has 2 rings (SSSR count). The van der Waals surface area contributed by atoms with Crippen LogP contribution in [0.3, 0.4) is 0 Å². The molecule has 2 N–H and O–H groups in total. The SMILES string of the molecule is B=C[C@@H]1CC(O)[C@H](S/C=C\CCCC(=O)O)[C@H]1/C=C/C(=O)CCc1cc(Br)c(C)s1. The zero-order valence-electron chi connectivity index (χ0n) is 17.1. The Balaban J connectivity index is 1.90. The number of hydrogen-bond donors (Lipinski definition) is 2. The van der Waals surface area contributed by atoms with Crippen molar-refractivity contribution in [1.82, 2.24) is 0 Å². The first-order chi connectivity index (χ1) is 14.3. The van der Waals surface area contributed by atoms with Crippen LogP contribution >= 0.6 is 39.0 Å². The van der Waals surface area contributed by atoms with Gasteiger partial charge in [-0.15, -0.1) is 0 Å². The third kappa shape index (κ3) is 7.95. The molecule has 8 heteroatoms. The second-order valence-electron chi connectivity index (χ2n) is 7.48. The Bertz CT molecular complexity index is 786. The number of hydrogen-bond acceptors (Lipinski definition) is 5. The summed E-state index contributed by atoms with van der Waals surface area (Å²) in [7, 11) is 3.90. The Morgan fingerprint density at radius 1 is 1.40 bits per heavy atom. The maximum atomic E-state index is 12.4. The van der Waals surface area contributed by atoms with Crippen LogP contribution in [0.4, 0.5) is 0 Å². The van der Waals surface area contributed by atoms with Crippen LogP contribution in [0, 0.1) is 18.8 Å². The Morgan fingerprint density at radius 3 is 2.80 bits per heavy atom. The van der Waals surface area contributed by atoms with Crippen LogP contribution < -0.4 is 0 Å². The molecule has 0 bridgehead atoms. The molecule has 4 atom stereocenters. The maximum absolute atomic E-state index is 12.4. The van der Waals surface area contributed by atoms with Gasteiger partial charge < -0.3 is 0 Å². The Labute approximate surface area is 196 Å². The van der Waals surface area contributed by atoms with E-state index in [4.69, 9.17) is 5.11 Å². The number of halogens is 1. The van der Waals surface area contributed by atoms with Crippen molar-refractivity contribution in [2.45, 2.75) is 56.8 Å². The fraction of sp³-hybridized carbons (Fsp3) is 0.500. The summed E-state index contributed by atoms with van der Waals surface area (Å²) < 4.78 is 1.09. The summed E-state index contributed by atoms with van der Waals surface area (Å²) in [4.78, 5) is 25.4. The first kappa shape index (κ1) is 25.3. The van der Waals surface area contributed by atoms with Crippen molar-refractivity contribution in [2.24, 2.45) is 11.8 Å². The summed E-state index contributed by atoms with van der Waals surface area (Å²) in [5, 5.41) is 21.1. The third-order valence-electron chi connectivity index (χ3n) is 5.19. The number of carbonyl (C=O) groups excluding carboxylic acids is 1. The zero-order valence-corrected chi connectivity index (χ0v) is 20.3. The number of aryl methyl sites for hydroxylation is 2. The average molecular weight is 511 g/mol. The van der Waals surface area contributed by atoms with E-state index < -0.39 is 12.1 Å². The zero-order chi connectivity index (χ0) is 22.1. The molecule has 1 unspecified atom stereocenters. The molecule has 4 nitrogen and oxygen atoms in total. The number of carboxylic acids is 1. The summed E-state index contributed by atoms with van der Waals surface area (Å²) in [6.45, 7) is 2.05. The number of rotatable bonds is 12. The number of ketones is 1. The van der Waals surface area contributed by atoms with Gasteiger partial charge in [-0.05, 0) is 0 Å². The molecule has 30 heavy (non-hydrogen) atoms. The topological polar surface area (TPSA) is 74.6 Å². The van der Waals surface area contributed by atoms with E-state index in [2.05, 4.69) is 36.4 Å². The van der Waals surface area contributed by atoms with Gasteiger partial charge in [-0.3, -0.25) is 0 Å². The predicted octanol–water partition coefficient (Wildman–Crippen LogP) is 4.45. The van der Waals surface area contributed by atoms with Gasteiger partial charge >= 0.3 is 197 Å². The summed E-state index contributed by atoms with van der Waals surface area (Å²) in [6.07, 6.45) is 8.40. The number of aliphatic hydroxyl groups is 1. The molecule has 0 amide bonds. The number of unbranched alkanes of at least 4 members (excludes halogenated alkanes) is 1. The molecule has 1 aromatic heterocycles. The number of thiophene rings is 1. The summed E-state index contributed by atoms with van der Waals surface area (Å²) in [6, 6.07) is 2.08. The first-order valence-electron chi connectivity index (χ1n) is 10.1. The van der Waals surface area contributed by atoms with E-state index in [0.717, 1.165) is 10.9 Å². The van der Waals surface area contributed by atoms with Gasteiger partial charge in [-0.2, -0.15) is 0 Å². The van der Waals surface area contributed by atoms with Gasteiger partial charge in [-0.25, -0.2) is 0 Å². The molecule has 0 aromatic carbocycles. The van der Waals surface area contributed by atoms with E-state index in [1.807, 2.05) is 23.5 Å². The molecule has 1 aromatic rings.